The van der Waals surface area contributed by atoms with Gasteiger partial charge in [-0.15, -0.1) is 11.3 Å². The number of hydrogen-bond acceptors (Lipinski definition) is 2. The minimum Gasteiger partial charge on any atom is -0.322 e. The molecule has 0 atom stereocenters. The van der Waals surface area contributed by atoms with Crippen molar-refractivity contribution in [2.45, 2.75) is 13.8 Å². The van der Waals surface area contributed by atoms with Crippen LogP contribution < -0.4 is 5.32 Å². The third-order valence-electron chi connectivity index (χ3n) is 4.75. The maximum atomic E-state index is 13.1. The topological polar surface area (TPSA) is 34.0 Å². The Hall–Kier alpha value is -2.82. The summed E-state index contributed by atoms with van der Waals surface area (Å²) in [6, 6.07) is 17.5. The highest BCUT2D eigenvalue weighted by Crippen LogP contribution is 2.36. The van der Waals surface area contributed by atoms with Gasteiger partial charge in [0.2, 0.25) is 0 Å². The molecule has 2 heterocycles. The molecule has 5 heteroatoms. The van der Waals surface area contributed by atoms with Crippen LogP contribution in [0.5, 0.6) is 0 Å². The second-order valence-corrected chi connectivity index (χ2v) is 7.99. The molecule has 1 amide bonds. The molecule has 0 aliphatic carbocycles. The van der Waals surface area contributed by atoms with Gasteiger partial charge in [-0.1, -0.05) is 29.8 Å². The summed E-state index contributed by atoms with van der Waals surface area (Å²) in [6.07, 6.45) is 3.91. The first-order valence-corrected chi connectivity index (χ1v) is 10.2. The van der Waals surface area contributed by atoms with Crippen molar-refractivity contribution in [3.8, 4) is 16.8 Å². The Balaban J connectivity index is 1.75. The quantitative estimate of drug-likeness (QED) is 0.400. The number of rotatable bonds is 4. The van der Waals surface area contributed by atoms with Crippen molar-refractivity contribution >= 4 is 34.5 Å². The second kappa shape index (κ2) is 7.66. The van der Waals surface area contributed by atoms with Gasteiger partial charge >= 0.3 is 0 Å². The van der Waals surface area contributed by atoms with Crippen molar-refractivity contribution in [3.05, 3.63) is 93.4 Å². The summed E-state index contributed by atoms with van der Waals surface area (Å²) in [4.78, 5) is 13.8. The highest BCUT2D eigenvalue weighted by Gasteiger charge is 2.20. The lowest BCUT2D eigenvalue weighted by molar-refractivity contribution is 0.103. The average molecular weight is 407 g/mol. The predicted octanol–water partition coefficient (Wildman–Crippen LogP) is 6.73. The SMILES string of the molecule is Cc1ccc(NC(=O)c2scc(-c3ccc(Cl)cc3)c2-n2cccc2)cc1C. The Morgan fingerprint density at radius 2 is 1.71 bits per heavy atom. The van der Waals surface area contributed by atoms with Gasteiger partial charge < -0.3 is 9.88 Å². The van der Waals surface area contributed by atoms with Gasteiger partial charge in [-0.3, -0.25) is 4.79 Å². The Morgan fingerprint density at radius 3 is 2.39 bits per heavy atom. The number of anilines is 1. The molecule has 0 saturated heterocycles. The molecule has 0 bridgehead atoms. The first-order chi connectivity index (χ1) is 13.5. The zero-order valence-corrected chi connectivity index (χ0v) is 17.1. The molecule has 140 valence electrons. The van der Waals surface area contributed by atoms with Crippen LogP contribution in [0.3, 0.4) is 0 Å². The lowest BCUT2D eigenvalue weighted by atomic mass is 10.1. The van der Waals surface area contributed by atoms with Crippen LogP contribution in [0.2, 0.25) is 5.02 Å². The molecule has 0 aliphatic rings. The third kappa shape index (κ3) is 3.61. The van der Waals surface area contributed by atoms with Crippen molar-refractivity contribution in [1.82, 2.24) is 4.57 Å². The van der Waals surface area contributed by atoms with E-state index in [9.17, 15) is 4.79 Å². The van der Waals surface area contributed by atoms with E-state index < -0.39 is 0 Å². The maximum Gasteiger partial charge on any atom is 0.267 e. The molecule has 0 unspecified atom stereocenters. The first-order valence-electron chi connectivity index (χ1n) is 8.92. The number of halogens is 1. The molecule has 1 N–H and O–H groups in total. The lowest BCUT2D eigenvalue weighted by Crippen LogP contribution is -2.13. The largest absolute Gasteiger partial charge is 0.322 e. The number of aromatic nitrogens is 1. The minimum atomic E-state index is -0.114. The van der Waals surface area contributed by atoms with Crippen LogP contribution >= 0.6 is 22.9 Å². The summed E-state index contributed by atoms with van der Waals surface area (Å²) < 4.78 is 1.98. The molecule has 0 spiro atoms. The molecule has 0 radical (unpaired) electrons. The van der Waals surface area contributed by atoms with Gasteiger partial charge in [-0.25, -0.2) is 0 Å². The molecule has 0 aliphatic heterocycles. The summed E-state index contributed by atoms with van der Waals surface area (Å²) in [5.41, 5.74) is 6.05. The normalized spacial score (nSPS) is 10.8. The Morgan fingerprint density at radius 1 is 1.00 bits per heavy atom. The van der Waals surface area contributed by atoms with E-state index in [-0.39, 0.29) is 5.91 Å². The summed E-state index contributed by atoms with van der Waals surface area (Å²) in [5, 5.41) is 5.75. The van der Waals surface area contributed by atoms with Gasteiger partial charge in [0.1, 0.15) is 4.88 Å². The fourth-order valence-electron chi connectivity index (χ4n) is 3.09. The molecule has 2 aromatic carbocycles. The Bertz CT molecular complexity index is 1130. The molecule has 4 aromatic rings. The van der Waals surface area contributed by atoms with Crippen molar-refractivity contribution in [1.29, 1.82) is 0 Å². The van der Waals surface area contributed by atoms with Crippen LogP contribution in [0, 0.1) is 13.8 Å². The number of nitrogens with one attached hydrogen (secondary N) is 1. The lowest BCUT2D eigenvalue weighted by Gasteiger charge is -2.11. The van der Waals surface area contributed by atoms with Crippen LogP contribution in [0.25, 0.3) is 16.8 Å². The number of thiophene rings is 1. The van der Waals surface area contributed by atoms with Crippen LogP contribution in [0.4, 0.5) is 5.69 Å². The zero-order chi connectivity index (χ0) is 19.7. The zero-order valence-electron chi connectivity index (χ0n) is 15.6. The highest BCUT2D eigenvalue weighted by atomic mass is 35.5. The van der Waals surface area contributed by atoms with E-state index in [1.807, 2.05) is 83.9 Å². The van der Waals surface area contributed by atoms with Gasteiger partial charge in [0.05, 0.1) is 5.69 Å². The fourth-order valence-corrected chi connectivity index (χ4v) is 4.19. The van der Waals surface area contributed by atoms with E-state index in [1.54, 1.807) is 0 Å². The highest BCUT2D eigenvalue weighted by molar-refractivity contribution is 7.13. The van der Waals surface area contributed by atoms with Crippen molar-refractivity contribution < 1.29 is 4.79 Å². The summed E-state index contributed by atoms with van der Waals surface area (Å²) in [6.45, 7) is 4.10. The molecule has 0 saturated carbocycles. The Kier molecular flexibility index (Phi) is 5.07. The molecular weight excluding hydrogens is 388 g/mol. The monoisotopic (exact) mass is 406 g/mol. The van der Waals surface area contributed by atoms with Gasteiger partial charge in [0.15, 0.2) is 0 Å². The number of amides is 1. The standard InChI is InChI=1S/C23H19ClN2OS/c1-15-5-10-19(13-16(15)2)25-23(27)22-21(26-11-3-4-12-26)20(14-28-22)17-6-8-18(24)9-7-17/h3-14H,1-2H3,(H,25,27). The van der Waals surface area contributed by atoms with E-state index in [4.69, 9.17) is 11.6 Å². The van der Waals surface area contributed by atoms with E-state index in [0.717, 1.165) is 28.1 Å². The third-order valence-corrected chi connectivity index (χ3v) is 5.97. The van der Waals surface area contributed by atoms with Gasteiger partial charge in [-0.05, 0) is 66.9 Å². The van der Waals surface area contributed by atoms with E-state index in [0.29, 0.717) is 9.90 Å². The van der Waals surface area contributed by atoms with Crippen LogP contribution in [0.15, 0.2) is 72.4 Å². The van der Waals surface area contributed by atoms with Gasteiger partial charge in [0.25, 0.3) is 5.91 Å². The van der Waals surface area contributed by atoms with E-state index in [2.05, 4.69) is 12.2 Å². The number of hydrogen-bond donors (Lipinski definition) is 1. The first kappa shape index (κ1) is 18.5. The fraction of sp³-hybridized carbons (Fsp3) is 0.0870. The number of benzene rings is 2. The van der Waals surface area contributed by atoms with Crippen molar-refractivity contribution in [3.63, 3.8) is 0 Å². The molecule has 0 fully saturated rings. The Labute approximate surface area is 173 Å². The summed E-state index contributed by atoms with van der Waals surface area (Å²) in [7, 11) is 0. The maximum absolute atomic E-state index is 13.1. The molecule has 3 nitrogen and oxygen atoms in total. The van der Waals surface area contributed by atoms with Crippen molar-refractivity contribution in [2.24, 2.45) is 0 Å². The average Bonchev–Trinajstić information content (AvgIpc) is 3.34. The second-order valence-electron chi connectivity index (χ2n) is 6.68. The molecular formula is C23H19ClN2OS. The van der Waals surface area contributed by atoms with E-state index in [1.165, 1.54) is 16.9 Å². The molecule has 4 rings (SSSR count). The van der Waals surface area contributed by atoms with Crippen molar-refractivity contribution in [2.75, 3.05) is 5.32 Å². The van der Waals surface area contributed by atoms with Crippen LogP contribution in [-0.2, 0) is 0 Å². The van der Waals surface area contributed by atoms with Crippen LogP contribution in [0.1, 0.15) is 20.8 Å². The molecule has 2 aromatic heterocycles. The van der Waals surface area contributed by atoms with E-state index >= 15 is 0 Å². The smallest absolute Gasteiger partial charge is 0.267 e. The summed E-state index contributed by atoms with van der Waals surface area (Å²) >= 11 is 7.48. The van der Waals surface area contributed by atoms with Crippen LogP contribution in [-0.4, -0.2) is 10.5 Å². The predicted molar refractivity (Wildman–Crippen MR) is 118 cm³/mol. The van der Waals surface area contributed by atoms with Gasteiger partial charge in [-0.2, -0.15) is 0 Å². The number of carbonyl (C=O) groups excluding carboxylic acids is 1. The number of nitrogens with zero attached hydrogens (tertiary/aromatic N) is 1. The number of carbonyl (C=O) groups is 1. The number of aryl methyl sites for hydroxylation is 2. The van der Waals surface area contributed by atoms with Gasteiger partial charge in [0, 0.05) is 34.0 Å². The minimum absolute atomic E-state index is 0.114. The molecule has 28 heavy (non-hydrogen) atoms. The summed E-state index contributed by atoms with van der Waals surface area (Å²) in [5.74, 6) is -0.114.